The minimum atomic E-state index is 0.661. The van der Waals surface area contributed by atoms with E-state index < -0.39 is 0 Å². The highest BCUT2D eigenvalue weighted by Gasteiger charge is 2.11. The lowest BCUT2D eigenvalue weighted by atomic mass is 9.97. The molecule has 1 aliphatic rings. The van der Waals surface area contributed by atoms with Gasteiger partial charge in [0.25, 0.3) is 0 Å². The van der Waals surface area contributed by atoms with Gasteiger partial charge in [-0.2, -0.15) is 0 Å². The summed E-state index contributed by atoms with van der Waals surface area (Å²) in [5.74, 6) is 1.35. The van der Waals surface area contributed by atoms with Crippen LogP contribution < -0.4 is 9.89 Å². The summed E-state index contributed by atoms with van der Waals surface area (Å²) < 4.78 is 1.35. The molecule has 0 amide bonds. The zero-order valence-electron chi connectivity index (χ0n) is 7.45. The molecule has 12 heavy (non-hydrogen) atoms. The van der Waals surface area contributed by atoms with Crippen LogP contribution in [0.2, 0.25) is 0 Å². The van der Waals surface area contributed by atoms with Gasteiger partial charge in [-0.15, -0.1) is 11.3 Å². The molecular weight excluding hydrogens is 166 g/mol. The summed E-state index contributed by atoms with van der Waals surface area (Å²) in [7, 11) is 0. The molecule has 2 heterocycles. The Hall–Kier alpha value is -0.630. The Kier molecular flexibility index (Phi) is 2.01. The molecule has 1 aliphatic heterocycles. The van der Waals surface area contributed by atoms with E-state index in [1.165, 1.54) is 9.89 Å². The van der Waals surface area contributed by atoms with Crippen molar-refractivity contribution in [2.75, 3.05) is 6.54 Å². The summed E-state index contributed by atoms with van der Waals surface area (Å²) in [6.45, 7) is 5.51. The highest BCUT2D eigenvalue weighted by atomic mass is 32.1. The molecule has 2 rings (SSSR count). The molecule has 2 heteroatoms. The molecule has 0 aliphatic carbocycles. The van der Waals surface area contributed by atoms with Gasteiger partial charge in [0.05, 0.1) is 5.36 Å². The van der Waals surface area contributed by atoms with E-state index in [2.05, 4.69) is 36.4 Å². The normalized spacial score (nSPS) is 28.2. The Morgan fingerprint density at radius 3 is 3.17 bits per heavy atom. The minimum Gasteiger partial charge on any atom is -0.284 e. The van der Waals surface area contributed by atoms with Gasteiger partial charge in [-0.3, -0.25) is 4.99 Å². The van der Waals surface area contributed by atoms with Crippen LogP contribution in [-0.4, -0.2) is 6.54 Å². The van der Waals surface area contributed by atoms with Gasteiger partial charge in [0.15, 0.2) is 0 Å². The molecule has 1 aromatic heterocycles. The highest BCUT2D eigenvalue weighted by Crippen LogP contribution is 2.13. The fourth-order valence-electron chi connectivity index (χ4n) is 1.38. The SMILES string of the molecule is CC1C=c2sccc2=NCC1C. The zero-order chi connectivity index (χ0) is 8.55. The van der Waals surface area contributed by atoms with E-state index in [1.807, 2.05) is 0 Å². The Balaban J connectivity index is 2.59. The molecule has 0 radical (unpaired) electrons. The molecular formula is C10H13NS. The first kappa shape index (κ1) is 7.99. The predicted molar refractivity (Wildman–Crippen MR) is 52.8 cm³/mol. The average Bonchev–Trinajstić information content (AvgIpc) is 2.43. The molecule has 0 N–H and O–H groups in total. The van der Waals surface area contributed by atoms with Crippen molar-refractivity contribution >= 4 is 17.4 Å². The molecule has 0 bridgehead atoms. The molecule has 64 valence electrons. The van der Waals surface area contributed by atoms with Crippen molar-refractivity contribution in [1.29, 1.82) is 0 Å². The number of thiophene rings is 1. The quantitative estimate of drug-likeness (QED) is 0.571. The molecule has 0 saturated heterocycles. The topological polar surface area (TPSA) is 12.4 Å². The fraction of sp³-hybridized carbons (Fsp3) is 0.500. The number of hydrogen-bond donors (Lipinski definition) is 0. The van der Waals surface area contributed by atoms with Crippen LogP contribution in [0.5, 0.6) is 0 Å². The Labute approximate surface area is 76.5 Å². The summed E-state index contributed by atoms with van der Waals surface area (Å²) in [4.78, 5) is 4.56. The summed E-state index contributed by atoms with van der Waals surface area (Å²) >= 11 is 1.80. The summed E-state index contributed by atoms with van der Waals surface area (Å²) in [5.41, 5.74) is 0. The first-order valence-electron chi connectivity index (χ1n) is 4.37. The molecule has 2 atom stereocenters. The van der Waals surface area contributed by atoms with Gasteiger partial charge < -0.3 is 0 Å². The molecule has 0 saturated carbocycles. The predicted octanol–water partition coefficient (Wildman–Crippen LogP) is 1.43. The average molecular weight is 179 g/mol. The maximum absolute atomic E-state index is 4.56. The van der Waals surface area contributed by atoms with Crippen LogP contribution in [0.3, 0.4) is 0 Å². The van der Waals surface area contributed by atoms with Crippen LogP contribution in [0.4, 0.5) is 0 Å². The van der Waals surface area contributed by atoms with Gasteiger partial charge in [-0.25, -0.2) is 0 Å². The van der Waals surface area contributed by atoms with Crippen molar-refractivity contribution in [3.8, 4) is 0 Å². The van der Waals surface area contributed by atoms with E-state index >= 15 is 0 Å². The van der Waals surface area contributed by atoms with Crippen molar-refractivity contribution in [3.05, 3.63) is 21.3 Å². The van der Waals surface area contributed by atoms with Crippen LogP contribution in [-0.2, 0) is 0 Å². The third-order valence-corrected chi connectivity index (χ3v) is 3.41. The Morgan fingerprint density at radius 2 is 2.33 bits per heavy atom. The Bertz CT molecular complexity index is 377. The molecule has 0 aromatic carbocycles. The smallest absolute Gasteiger partial charge is 0.0751 e. The van der Waals surface area contributed by atoms with Gasteiger partial charge >= 0.3 is 0 Å². The lowest BCUT2D eigenvalue weighted by Crippen LogP contribution is -2.17. The monoisotopic (exact) mass is 179 g/mol. The lowest BCUT2D eigenvalue weighted by Gasteiger charge is -2.11. The molecule has 0 fully saturated rings. The van der Waals surface area contributed by atoms with Gasteiger partial charge in [-0.1, -0.05) is 19.9 Å². The second kappa shape index (κ2) is 3.02. The third-order valence-electron chi connectivity index (χ3n) is 2.53. The second-order valence-corrected chi connectivity index (χ2v) is 4.46. The highest BCUT2D eigenvalue weighted by molar-refractivity contribution is 7.07. The summed E-state index contributed by atoms with van der Waals surface area (Å²) in [6, 6.07) is 2.11. The van der Waals surface area contributed by atoms with E-state index in [4.69, 9.17) is 0 Å². The number of rotatable bonds is 0. The third kappa shape index (κ3) is 1.31. The number of hydrogen-bond acceptors (Lipinski definition) is 2. The van der Waals surface area contributed by atoms with Crippen LogP contribution in [0.15, 0.2) is 16.4 Å². The van der Waals surface area contributed by atoms with Crippen molar-refractivity contribution in [3.63, 3.8) is 0 Å². The minimum absolute atomic E-state index is 0.661. The lowest BCUT2D eigenvalue weighted by molar-refractivity contribution is 0.493. The zero-order valence-corrected chi connectivity index (χ0v) is 8.27. The van der Waals surface area contributed by atoms with Crippen molar-refractivity contribution in [2.45, 2.75) is 13.8 Å². The maximum Gasteiger partial charge on any atom is 0.0751 e. The van der Waals surface area contributed by atoms with Crippen LogP contribution in [0.25, 0.3) is 6.08 Å². The van der Waals surface area contributed by atoms with Crippen LogP contribution >= 0.6 is 11.3 Å². The van der Waals surface area contributed by atoms with Gasteiger partial charge in [-0.05, 0) is 23.3 Å². The van der Waals surface area contributed by atoms with Crippen molar-refractivity contribution in [2.24, 2.45) is 16.8 Å². The van der Waals surface area contributed by atoms with Gasteiger partial charge in [0.2, 0.25) is 0 Å². The number of nitrogens with zero attached hydrogens (tertiary/aromatic N) is 1. The standard InChI is InChI=1S/C10H13NS/c1-7-5-10-9(3-4-12-10)11-6-8(7)2/h3-5,7-8H,6H2,1-2H3. The maximum atomic E-state index is 4.56. The molecule has 0 spiro atoms. The van der Waals surface area contributed by atoms with Gasteiger partial charge in [0.1, 0.15) is 0 Å². The van der Waals surface area contributed by atoms with E-state index in [1.54, 1.807) is 11.3 Å². The van der Waals surface area contributed by atoms with E-state index in [9.17, 15) is 0 Å². The largest absolute Gasteiger partial charge is 0.284 e. The van der Waals surface area contributed by atoms with E-state index in [0.29, 0.717) is 11.8 Å². The van der Waals surface area contributed by atoms with Gasteiger partial charge in [0, 0.05) is 11.1 Å². The van der Waals surface area contributed by atoms with Crippen LogP contribution in [0.1, 0.15) is 13.8 Å². The number of fused-ring (bicyclic) bond motifs is 1. The molecule has 1 nitrogen and oxygen atoms in total. The molecule has 2 unspecified atom stereocenters. The first-order valence-corrected chi connectivity index (χ1v) is 5.25. The Morgan fingerprint density at radius 1 is 1.50 bits per heavy atom. The van der Waals surface area contributed by atoms with E-state index in [-0.39, 0.29) is 0 Å². The fourth-order valence-corrected chi connectivity index (χ4v) is 2.27. The molecule has 1 aromatic rings. The van der Waals surface area contributed by atoms with Crippen LogP contribution in [0, 0.1) is 11.8 Å². The first-order chi connectivity index (χ1) is 5.77. The summed E-state index contributed by atoms with van der Waals surface area (Å²) in [6.07, 6.45) is 2.35. The van der Waals surface area contributed by atoms with E-state index in [0.717, 1.165) is 6.54 Å². The van der Waals surface area contributed by atoms with Crippen molar-refractivity contribution < 1.29 is 0 Å². The van der Waals surface area contributed by atoms with Crippen molar-refractivity contribution in [1.82, 2.24) is 0 Å². The summed E-state index contributed by atoms with van der Waals surface area (Å²) in [5, 5.41) is 3.31. The second-order valence-electron chi connectivity index (χ2n) is 3.51.